The number of para-hydroxylation sites is 2. The van der Waals surface area contributed by atoms with Crippen molar-refractivity contribution in [3.05, 3.63) is 102 Å². The first-order chi connectivity index (χ1) is 13.2. The molecule has 3 aromatic carbocycles. The third kappa shape index (κ3) is 3.77. The minimum absolute atomic E-state index is 0.118. The number of hydrogen-bond acceptors (Lipinski definition) is 3. The molecule has 132 valence electrons. The quantitative estimate of drug-likeness (QED) is 0.557. The molecule has 0 aliphatic carbocycles. The number of hydrogen-bond donors (Lipinski definition) is 1. The number of carbonyl (C=O) groups excluding carboxylic acids is 1. The Kier molecular flexibility index (Phi) is 4.49. The molecule has 4 nitrogen and oxygen atoms in total. The van der Waals surface area contributed by atoms with Crippen molar-refractivity contribution < 1.29 is 13.6 Å². The first kappa shape index (κ1) is 16.7. The lowest BCUT2D eigenvalue weighted by molar-refractivity contribution is 0.102. The number of nitrogens with zero attached hydrogens (tertiary/aromatic N) is 1. The van der Waals surface area contributed by atoms with E-state index in [0.717, 1.165) is 5.39 Å². The number of rotatable bonds is 3. The van der Waals surface area contributed by atoms with E-state index in [9.17, 15) is 9.18 Å². The Labute approximate surface area is 154 Å². The molecule has 0 saturated carbocycles. The molecule has 0 unspecified atom stereocenters. The molecule has 1 aromatic heterocycles. The van der Waals surface area contributed by atoms with E-state index in [4.69, 9.17) is 4.42 Å². The summed E-state index contributed by atoms with van der Waals surface area (Å²) in [6.07, 6.45) is 0. The maximum atomic E-state index is 13.5. The van der Waals surface area contributed by atoms with E-state index >= 15 is 0 Å². The largest absolute Gasteiger partial charge is 0.438 e. The zero-order valence-electron chi connectivity index (χ0n) is 14.2. The number of anilines is 1. The number of nitrogens with one attached hydrogen (secondary N) is 1. The van der Waals surface area contributed by atoms with Gasteiger partial charge in [0.2, 0.25) is 5.55 Å². The average Bonchev–Trinajstić information content (AvgIpc) is 2.68. The Balaban J connectivity index is 1.85. The van der Waals surface area contributed by atoms with Crippen molar-refractivity contribution in [2.45, 2.75) is 0 Å². The molecule has 1 heterocycles. The van der Waals surface area contributed by atoms with Crippen LogP contribution in [0.2, 0.25) is 0 Å². The molecular weight excluding hydrogens is 343 g/mol. The van der Waals surface area contributed by atoms with Gasteiger partial charge in [-0.25, -0.2) is 9.38 Å². The van der Waals surface area contributed by atoms with Gasteiger partial charge in [-0.3, -0.25) is 4.79 Å². The highest BCUT2D eigenvalue weighted by Crippen LogP contribution is 2.17. The van der Waals surface area contributed by atoms with Gasteiger partial charge >= 0.3 is 0 Å². The van der Waals surface area contributed by atoms with Crippen LogP contribution in [0.4, 0.5) is 15.8 Å². The average molecular weight is 358 g/mol. The van der Waals surface area contributed by atoms with Crippen molar-refractivity contribution in [1.82, 2.24) is 0 Å². The summed E-state index contributed by atoms with van der Waals surface area (Å²) in [5.41, 5.74) is 1.99. The Morgan fingerprint density at radius 3 is 2.48 bits per heavy atom. The molecule has 1 amide bonds. The van der Waals surface area contributed by atoms with Crippen LogP contribution in [0.3, 0.4) is 0 Å². The summed E-state index contributed by atoms with van der Waals surface area (Å²) >= 11 is 0. The molecule has 0 bridgehead atoms. The van der Waals surface area contributed by atoms with Crippen LogP contribution in [-0.4, -0.2) is 5.91 Å². The Morgan fingerprint density at radius 1 is 0.889 bits per heavy atom. The van der Waals surface area contributed by atoms with Crippen LogP contribution in [-0.2, 0) is 0 Å². The van der Waals surface area contributed by atoms with Crippen molar-refractivity contribution in [2.24, 2.45) is 4.99 Å². The summed E-state index contributed by atoms with van der Waals surface area (Å²) in [6.45, 7) is 0. The summed E-state index contributed by atoms with van der Waals surface area (Å²) < 4.78 is 19.3. The second-order valence-electron chi connectivity index (χ2n) is 5.91. The fourth-order valence-corrected chi connectivity index (χ4v) is 2.70. The molecular formula is C22H15FN2O2. The Hall–Kier alpha value is -3.73. The summed E-state index contributed by atoms with van der Waals surface area (Å²) in [7, 11) is 0. The molecule has 4 rings (SSSR count). The van der Waals surface area contributed by atoms with Gasteiger partial charge in [0.1, 0.15) is 17.0 Å². The predicted octanol–water partition coefficient (Wildman–Crippen LogP) is 5.06. The van der Waals surface area contributed by atoms with Crippen molar-refractivity contribution in [3.8, 4) is 0 Å². The highest BCUT2D eigenvalue weighted by atomic mass is 19.1. The predicted molar refractivity (Wildman–Crippen MR) is 102 cm³/mol. The van der Waals surface area contributed by atoms with Gasteiger partial charge in [-0.15, -0.1) is 0 Å². The van der Waals surface area contributed by atoms with Gasteiger partial charge in [-0.2, -0.15) is 0 Å². The normalized spacial score (nSPS) is 11.5. The maximum Gasteiger partial charge on any atom is 0.261 e. The Bertz CT molecular complexity index is 1180. The van der Waals surface area contributed by atoms with Gasteiger partial charge < -0.3 is 9.73 Å². The SMILES string of the molecule is O=C(Nc1ccccc1)c1cc2ccccc2oc1=Nc1cccc(F)c1. The Morgan fingerprint density at radius 2 is 1.67 bits per heavy atom. The van der Waals surface area contributed by atoms with Crippen LogP contribution in [0, 0.1) is 5.82 Å². The molecule has 0 aliphatic rings. The van der Waals surface area contributed by atoms with Crippen LogP contribution in [0.25, 0.3) is 11.0 Å². The van der Waals surface area contributed by atoms with Gasteiger partial charge in [-0.05, 0) is 42.5 Å². The smallest absolute Gasteiger partial charge is 0.261 e. The van der Waals surface area contributed by atoms with Crippen molar-refractivity contribution in [2.75, 3.05) is 5.32 Å². The first-order valence-electron chi connectivity index (χ1n) is 8.39. The van der Waals surface area contributed by atoms with E-state index in [0.29, 0.717) is 17.0 Å². The van der Waals surface area contributed by atoms with Crippen molar-refractivity contribution >= 4 is 28.3 Å². The number of carbonyl (C=O) groups is 1. The third-order valence-electron chi connectivity index (χ3n) is 3.97. The number of fused-ring (bicyclic) bond motifs is 1. The van der Waals surface area contributed by atoms with Crippen molar-refractivity contribution in [1.29, 1.82) is 0 Å². The van der Waals surface area contributed by atoms with Crippen LogP contribution >= 0.6 is 0 Å². The lowest BCUT2D eigenvalue weighted by Gasteiger charge is -2.07. The summed E-state index contributed by atoms with van der Waals surface area (Å²) in [6, 6.07) is 24.0. The maximum absolute atomic E-state index is 13.5. The lowest BCUT2D eigenvalue weighted by Crippen LogP contribution is -2.21. The third-order valence-corrected chi connectivity index (χ3v) is 3.97. The number of halogens is 1. The number of amides is 1. The van der Waals surface area contributed by atoms with Crippen molar-refractivity contribution in [3.63, 3.8) is 0 Å². The van der Waals surface area contributed by atoms with E-state index in [1.54, 1.807) is 36.4 Å². The molecule has 27 heavy (non-hydrogen) atoms. The van der Waals surface area contributed by atoms with E-state index in [1.807, 2.05) is 36.4 Å². The van der Waals surface area contributed by atoms with Gasteiger partial charge in [0.25, 0.3) is 5.91 Å². The highest BCUT2D eigenvalue weighted by Gasteiger charge is 2.13. The fourth-order valence-electron chi connectivity index (χ4n) is 2.70. The zero-order chi connectivity index (χ0) is 18.6. The molecule has 1 N–H and O–H groups in total. The molecule has 0 spiro atoms. The lowest BCUT2D eigenvalue weighted by atomic mass is 10.1. The molecule has 0 fully saturated rings. The van der Waals surface area contributed by atoms with Crippen LogP contribution in [0.1, 0.15) is 10.4 Å². The topological polar surface area (TPSA) is 54.6 Å². The minimum Gasteiger partial charge on any atom is -0.438 e. The molecule has 5 heteroatoms. The van der Waals surface area contributed by atoms with E-state index < -0.39 is 5.82 Å². The fraction of sp³-hybridized carbons (Fsp3) is 0. The van der Waals surface area contributed by atoms with Gasteiger partial charge in [0, 0.05) is 11.1 Å². The molecule has 0 saturated heterocycles. The second-order valence-corrected chi connectivity index (χ2v) is 5.91. The van der Waals surface area contributed by atoms with Gasteiger partial charge in [-0.1, -0.05) is 42.5 Å². The number of benzene rings is 3. The molecule has 0 atom stereocenters. The van der Waals surface area contributed by atoms with Crippen LogP contribution in [0.15, 0.2) is 94.3 Å². The molecule has 0 radical (unpaired) electrons. The van der Waals surface area contributed by atoms with Gasteiger partial charge in [0.15, 0.2) is 0 Å². The standard InChI is InChI=1S/C22H15FN2O2/c23-16-8-6-11-18(14-16)25-22-19(13-15-7-4-5-12-20(15)27-22)21(26)24-17-9-2-1-3-10-17/h1-14H,(H,24,26). The summed E-state index contributed by atoms with van der Waals surface area (Å²) in [5, 5.41) is 3.60. The van der Waals surface area contributed by atoms with E-state index in [1.165, 1.54) is 12.1 Å². The van der Waals surface area contributed by atoms with Crippen LogP contribution < -0.4 is 10.9 Å². The monoisotopic (exact) mass is 358 g/mol. The summed E-state index contributed by atoms with van der Waals surface area (Å²) in [4.78, 5) is 17.2. The van der Waals surface area contributed by atoms with Gasteiger partial charge in [0.05, 0.1) is 5.69 Å². The van der Waals surface area contributed by atoms with E-state index in [-0.39, 0.29) is 17.0 Å². The summed E-state index contributed by atoms with van der Waals surface area (Å²) in [5.74, 6) is -0.766. The van der Waals surface area contributed by atoms with Crippen LogP contribution in [0.5, 0.6) is 0 Å². The second kappa shape index (κ2) is 7.25. The minimum atomic E-state index is -0.410. The first-order valence-corrected chi connectivity index (χ1v) is 8.39. The zero-order valence-corrected chi connectivity index (χ0v) is 14.2. The molecule has 4 aromatic rings. The highest BCUT2D eigenvalue weighted by molar-refractivity contribution is 6.05. The van der Waals surface area contributed by atoms with E-state index in [2.05, 4.69) is 10.3 Å². The molecule has 0 aliphatic heterocycles.